The lowest BCUT2D eigenvalue weighted by Crippen LogP contribution is -2.17. The second-order valence-electron chi connectivity index (χ2n) is 5.39. The molecule has 7 heteroatoms. The Hall–Kier alpha value is -2.80. The summed E-state index contributed by atoms with van der Waals surface area (Å²) in [5.41, 5.74) is 0.0998. The molecule has 0 saturated carbocycles. The molecule has 130 valence electrons. The van der Waals surface area contributed by atoms with E-state index in [0.717, 1.165) is 4.90 Å². The highest BCUT2D eigenvalue weighted by molar-refractivity contribution is 7.96. The van der Waals surface area contributed by atoms with Crippen molar-refractivity contribution >= 4 is 21.8 Å². The van der Waals surface area contributed by atoms with E-state index in [-0.39, 0.29) is 22.0 Å². The van der Waals surface area contributed by atoms with E-state index in [9.17, 15) is 15.0 Å². The first-order valence-corrected chi connectivity index (χ1v) is 9.05. The lowest BCUT2D eigenvalue weighted by atomic mass is 10.2. The van der Waals surface area contributed by atoms with E-state index >= 15 is 0 Å². The molecule has 3 N–H and O–H groups in total. The Labute approximate surface area is 147 Å². The molecule has 1 unspecified atom stereocenters. The zero-order valence-corrected chi connectivity index (χ0v) is 14.8. The van der Waals surface area contributed by atoms with Gasteiger partial charge in [-0.25, -0.2) is 0 Å². The molecule has 0 spiro atoms. The lowest BCUT2D eigenvalue weighted by Gasteiger charge is -2.11. The number of ether oxygens (including phenoxy) is 2. The van der Waals surface area contributed by atoms with Crippen LogP contribution in [0, 0.1) is 0 Å². The Kier molecular flexibility index (Phi) is 4.50. The van der Waals surface area contributed by atoms with Crippen LogP contribution < -0.4 is 15.0 Å². The molecule has 0 saturated heterocycles. The van der Waals surface area contributed by atoms with Crippen LogP contribution >= 0.6 is 0 Å². The molecular formula is C18H18NO5S+. The van der Waals surface area contributed by atoms with Crippen molar-refractivity contribution in [2.24, 2.45) is 0 Å². The molecule has 0 aliphatic rings. The molecule has 6 nitrogen and oxygen atoms in total. The highest BCUT2D eigenvalue weighted by Crippen LogP contribution is 2.37. The van der Waals surface area contributed by atoms with E-state index < -0.39 is 10.9 Å². The number of phenolic OH excluding ortho intramolecular Hbond substituents is 1. The first-order valence-electron chi connectivity index (χ1n) is 7.42. The Morgan fingerprint density at radius 3 is 2.20 bits per heavy atom. The van der Waals surface area contributed by atoms with Gasteiger partial charge in [0.05, 0.1) is 30.6 Å². The molecule has 1 atom stereocenters. The van der Waals surface area contributed by atoms with Crippen molar-refractivity contribution in [1.82, 2.24) is 4.98 Å². The maximum atomic E-state index is 12.6. The normalized spacial score (nSPS) is 12.1. The summed E-state index contributed by atoms with van der Waals surface area (Å²) >= 11 is 0. The van der Waals surface area contributed by atoms with Gasteiger partial charge >= 0.3 is 5.56 Å². The highest BCUT2D eigenvalue weighted by Gasteiger charge is 2.29. The minimum absolute atomic E-state index is 0.0846. The smallest absolute Gasteiger partial charge is 0.308 e. The summed E-state index contributed by atoms with van der Waals surface area (Å²) < 4.78 is 10.5. The molecule has 0 aliphatic carbocycles. The molecule has 0 bridgehead atoms. The van der Waals surface area contributed by atoms with Crippen LogP contribution in [0.2, 0.25) is 0 Å². The standard InChI is InChI=1S/C18H17NO5S/c1-23-14-8-12-13(9-15(14)24-2)19-18(22)17(16(12)21)25(3)11-6-4-10(20)5-7-11/h4-9H,1-3H3,(H2-,19,20,21,22)/p+1. The Balaban J connectivity index is 2.22. The van der Waals surface area contributed by atoms with Crippen LogP contribution in [0.25, 0.3) is 10.9 Å². The summed E-state index contributed by atoms with van der Waals surface area (Å²) in [5.74, 6) is 0.989. The van der Waals surface area contributed by atoms with Gasteiger partial charge in [0, 0.05) is 11.5 Å². The van der Waals surface area contributed by atoms with Crippen molar-refractivity contribution in [2.45, 2.75) is 9.79 Å². The van der Waals surface area contributed by atoms with Crippen molar-refractivity contribution < 1.29 is 19.7 Å². The summed E-state index contributed by atoms with van der Waals surface area (Å²) in [6, 6.07) is 9.83. The maximum Gasteiger partial charge on any atom is 0.308 e. The minimum atomic E-state index is -0.677. The number of pyridine rings is 1. The Bertz CT molecular complexity index is 981. The zero-order chi connectivity index (χ0) is 18.1. The van der Waals surface area contributed by atoms with Gasteiger partial charge in [-0.2, -0.15) is 0 Å². The fraction of sp³-hybridized carbons (Fsp3) is 0.167. The molecule has 0 radical (unpaired) electrons. The van der Waals surface area contributed by atoms with Crippen molar-refractivity contribution in [1.29, 1.82) is 0 Å². The highest BCUT2D eigenvalue weighted by atomic mass is 32.2. The van der Waals surface area contributed by atoms with Crippen LogP contribution in [-0.4, -0.2) is 35.7 Å². The second kappa shape index (κ2) is 6.60. The quantitative estimate of drug-likeness (QED) is 0.622. The SMILES string of the molecule is COc1cc2[nH]c(=O)c([S+](C)c3ccc(O)cc3)c(O)c2cc1OC. The number of methoxy groups -OCH3 is 2. The average molecular weight is 360 g/mol. The predicted octanol–water partition coefficient (Wildman–Crippen LogP) is 2.62. The second-order valence-corrected chi connectivity index (χ2v) is 7.29. The van der Waals surface area contributed by atoms with E-state index in [0.29, 0.717) is 22.4 Å². The first kappa shape index (κ1) is 17.0. The zero-order valence-electron chi connectivity index (χ0n) is 14.0. The summed E-state index contributed by atoms with van der Waals surface area (Å²) in [7, 11) is 2.34. The number of phenols is 1. The third-order valence-electron chi connectivity index (χ3n) is 3.94. The number of hydrogen-bond acceptors (Lipinski definition) is 5. The third kappa shape index (κ3) is 2.98. The Morgan fingerprint density at radius 1 is 1.00 bits per heavy atom. The van der Waals surface area contributed by atoms with Crippen molar-refractivity contribution in [3.8, 4) is 23.0 Å². The topological polar surface area (TPSA) is 91.8 Å². The Morgan fingerprint density at radius 2 is 1.60 bits per heavy atom. The van der Waals surface area contributed by atoms with Gasteiger partial charge in [0.2, 0.25) is 0 Å². The van der Waals surface area contributed by atoms with Crippen molar-refractivity contribution in [2.75, 3.05) is 20.5 Å². The van der Waals surface area contributed by atoms with Gasteiger partial charge in [0.15, 0.2) is 22.1 Å². The van der Waals surface area contributed by atoms with Gasteiger partial charge in [-0.3, -0.25) is 4.79 Å². The van der Waals surface area contributed by atoms with Gasteiger partial charge in [-0.05, 0) is 30.3 Å². The maximum absolute atomic E-state index is 12.6. The molecule has 1 heterocycles. The number of rotatable bonds is 4. The van der Waals surface area contributed by atoms with Crippen LogP contribution in [-0.2, 0) is 10.9 Å². The van der Waals surface area contributed by atoms with Crippen molar-refractivity contribution in [3.05, 3.63) is 46.8 Å². The summed E-state index contributed by atoms with van der Waals surface area (Å²) in [6.45, 7) is 0. The minimum Gasteiger partial charge on any atom is -0.508 e. The molecule has 0 fully saturated rings. The third-order valence-corrected chi connectivity index (χ3v) is 5.92. The summed E-state index contributed by atoms with van der Waals surface area (Å²) in [5, 5.41) is 20.6. The number of hydrogen-bond donors (Lipinski definition) is 3. The largest absolute Gasteiger partial charge is 0.508 e. The van der Waals surface area contributed by atoms with Gasteiger partial charge in [-0.15, -0.1) is 0 Å². The number of aromatic nitrogens is 1. The number of H-pyrrole nitrogens is 1. The summed E-state index contributed by atoms with van der Waals surface area (Å²) in [4.78, 5) is 16.5. The molecule has 3 rings (SSSR count). The van der Waals surface area contributed by atoms with Crippen LogP contribution in [0.4, 0.5) is 0 Å². The number of fused-ring (bicyclic) bond motifs is 1. The van der Waals surface area contributed by atoms with Gasteiger partial charge in [0.25, 0.3) is 4.90 Å². The predicted molar refractivity (Wildman–Crippen MR) is 97.3 cm³/mol. The van der Waals surface area contributed by atoms with E-state index in [1.54, 1.807) is 36.4 Å². The molecule has 1 aromatic heterocycles. The van der Waals surface area contributed by atoms with Gasteiger partial charge in [-0.1, -0.05) is 0 Å². The fourth-order valence-corrected chi connectivity index (χ4v) is 4.15. The van der Waals surface area contributed by atoms with E-state index in [4.69, 9.17) is 9.47 Å². The van der Waals surface area contributed by atoms with Crippen LogP contribution in [0.5, 0.6) is 23.0 Å². The molecule has 0 amide bonds. The monoisotopic (exact) mass is 360 g/mol. The molecule has 25 heavy (non-hydrogen) atoms. The average Bonchev–Trinajstić information content (AvgIpc) is 2.61. The fourth-order valence-electron chi connectivity index (χ4n) is 2.64. The van der Waals surface area contributed by atoms with Crippen LogP contribution in [0.1, 0.15) is 0 Å². The first-order chi connectivity index (χ1) is 12.0. The number of aromatic hydroxyl groups is 2. The molecule has 3 aromatic rings. The lowest BCUT2D eigenvalue weighted by molar-refractivity contribution is 0.355. The van der Waals surface area contributed by atoms with Crippen molar-refractivity contribution in [3.63, 3.8) is 0 Å². The van der Waals surface area contributed by atoms with E-state index in [1.807, 2.05) is 6.26 Å². The summed E-state index contributed by atoms with van der Waals surface area (Å²) in [6.07, 6.45) is 1.85. The van der Waals surface area contributed by atoms with Crippen LogP contribution in [0.3, 0.4) is 0 Å². The molecule has 2 aromatic carbocycles. The van der Waals surface area contributed by atoms with Crippen LogP contribution in [0.15, 0.2) is 51.0 Å². The number of benzene rings is 2. The number of aromatic amines is 1. The van der Waals surface area contributed by atoms with E-state index in [1.165, 1.54) is 14.2 Å². The van der Waals surface area contributed by atoms with E-state index in [2.05, 4.69) is 4.98 Å². The molecular weight excluding hydrogens is 342 g/mol. The van der Waals surface area contributed by atoms with Gasteiger partial charge < -0.3 is 24.7 Å². The van der Waals surface area contributed by atoms with Gasteiger partial charge in [0.1, 0.15) is 12.0 Å². The number of nitrogens with one attached hydrogen (secondary N) is 1. The molecule has 0 aliphatic heterocycles.